The van der Waals surface area contributed by atoms with E-state index in [1.54, 1.807) is 17.0 Å². The molecule has 0 unspecified atom stereocenters. The van der Waals surface area contributed by atoms with Gasteiger partial charge in [0.05, 0.1) is 12.2 Å². The first-order valence-electron chi connectivity index (χ1n) is 5.91. The van der Waals surface area contributed by atoms with Crippen LogP contribution in [0.25, 0.3) is 0 Å². The molecule has 1 aliphatic rings. The predicted molar refractivity (Wildman–Crippen MR) is 72.9 cm³/mol. The molecule has 4 nitrogen and oxygen atoms in total. The van der Waals surface area contributed by atoms with Crippen LogP contribution in [0.1, 0.15) is 10.5 Å². The van der Waals surface area contributed by atoms with E-state index >= 15 is 0 Å². The van der Waals surface area contributed by atoms with Gasteiger partial charge in [-0.25, -0.2) is 0 Å². The minimum atomic E-state index is -0.168. The molecule has 19 heavy (non-hydrogen) atoms. The van der Waals surface area contributed by atoms with Crippen molar-refractivity contribution in [3.8, 4) is 5.75 Å². The summed E-state index contributed by atoms with van der Waals surface area (Å²) in [4.78, 5) is 18.2. The van der Waals surface area contributed by atoms with Crippen LogP contribution in [-0.4, -0.2) is 24.0 Å². The molecule has 0 saturated heterocycles. The van der Waals surface area contributed by atoms with Gasteiger partial charge in [0.15, 0.2) is 0 Å². The van der Waals surface area contributed by atoms with Gasteiger partial charge in [0, 0.05) is 11.2 Å². The molecule has 0 fully saturated rings. The van der Waals surface area contributed by atoms with E-state index < -0.39 is 0 Å². The van der Waals surface area contributed by atoms with Crippen molar-refractivity contribution in [1.29, 1.82) is 0 Å². The summed E-state index contributed by atoms with van der Waals surface area (Å²) in [5, 5.41) is 0.500. The molecule has 0 radical (unpaired) electrons. The van der Waals surface area contributed by atoms with Crippen LogP contribution in [0.15, 0.2) is 42.6 Å². The predicted octanol–water partition coefficient (Wildman–Crippen LogP) is 2.77. The zero-order valence-electron chi connectivity index (χ0n) is 10.0. The first-order chi connectivity index (χ1) is 9.25. The molecule has 0 atom stereocenters. The average Bonchev–Trinajstić information content (AvgIpc) is 2.46. The fourth-order valence-corrected chi connectivity index (χ4v) is 2.20. The first-order valence-corrected chi connectivity index (χ1v) is 6.29. The highest BCUT2D eigenvalue weighted by Crippen LogP contribution is 2.31. The van der Waals surface area contributed by atoms with Gasteiger partial charge >= 0.3 is 0 Å². The highest BCUT2D eigenvalue weighted by molar-refractivity contribution is 6.31. The molecule has 0 N–H and O–H groups in total. The van der Waals surface area contributed by atoms with E-state index in [-0.39, 0.29) is 5.91 Å². The van der Waals surface area contributed by atoms with Gasteiger partial charge in [-0.05, 0) is 24.3 Å². The van der Waals surface area contributed by atoms with Crippen LogP contribution < -0.4 is 9.64 Å². The van der Waals surface area contributed by atoms with Gasteiger partial charge in [-0.2, -0.15) is 0 Å². The molecule has 1 aliphatic heterocycles. The third kappa shape index (κ3) is 2.27. The first kappa shape index (κ1) is 12.0. The maximum absolute atomic E-state index is 12.5. The number of halogens is 1. The van der Waals surface area contributed by atoms with Crippen molar-refractivity contribution in [2.24, 2.45) is 0 Å². The van der Waals surface area contributed by atoms with Crippen molar-refractivity contribution in [2.75, 3.05) is 18.1 Å². The van der Waals surface area contributed by atoms with Crippen molar-refractivity contribution in [3.05, 3.63) is 53.3 Å². The zero-order chi connectivity index (χ0) is 13.2. The number of anilines is 1. The summed E-state index contributed by atoms with van der Waals surface area (Å²) in [6.07, 6.45) is 1.53. The average molecular weight is 275 g/mol. The molecular weight excluding hydrogens is 264 g/mol. The molecule has 5 heteroatoms. The minimum absolute atomic E-state index is 0.168. The van der Waals surface area contributed by atoms with Crippen LogP contribution in [0.5, 0.6) is 5.75 Å². The molecular formula is C14H11ClN2O2. The van der Waals surface area contributed by atoms with Crippen molar-refractivity contribution in [1.82, 2.24) is 4.98 Å². The summed E-state index contributed by atoms with van der Waals surface area (Å²) in [7, 11) is 0. The minimum Gasteiger partial charge on any atom is -0.490 e. The smallest absolute Gasteiger partial charge is 0.277 e. The van der Waals surface area contributed by atoms with Gasteiger partial charge in [0.2, 0.25) is 0 Å². The number of carbonyl (C=O) groups is 1. The van der Waals surface area contributed by atoms with Gasteiger partial charge in [0.1, 0.15) is 18.1 Å². The number of nitrogens with zero attached hydrogens (tertiary/aromatic N) is 2. The Morgan fingerprint density at radius 3 is 3.00 bits per heavy atom. The Kier molecular flexibility index (Phi) is 3.09. The van der Waals surface area contributed by atoms with Crippen LogP contribution in [0.4, 0.5) is 5.69 Å². The Bertz CT molecular complexity index is 630. The number of hydrogen-bond donors (Lipinski definition) is 0. The lowest BCUT2D eigenvalue weighted by Crippen LogP contribution is -2.38. The molecule has 0 aliphatic carbocycles. The standard InChI is InChI=1S/C14H11ClN2O2/c15-10-5-6-16-11(9-10)14(18)17-7-8-19-13-4-2-1-3-12(13)17/h1-6,9H,7-8H2. The number of ether oxygens (including phenoxy) is 1. The molecule has 0 saturated carbocycles. The number of hydrogen-bond acceptors (Lipinski definition) is 3. The normalized spacial score (nSPS) is 13.6. The van der Waals surface area contributed by atoms with E-state index in [0.717, 1.165) is 5.69 Å². The second kappa shape index (κ2) is 4.90. The Labute approximate surface area is 115 Å². The van der Waals surface area contributed by atoms with Crippen LogP contribution in [0.3, 0.4) is 0 Å². The van der Waals surface area contributed by atoms with E-state index in [2.05, 4.69) is 4.98 Å². The van der Waals surface area contributed by atoms with Gasteiger partial charge in [-0.1, -0.05) is 23.7 Å². The van der Waals surface area contributed by atoms with Crippen LogP contribution in [0, 0.1) is 0 Å². The fraction of sp³-hybridized carbons (Fsp3) is 0.143. The molecule has 1 amide bonds. The lowest BCUT2D eigenvalue weighted by atomic mass is 10.2. The third-order valence-corrected chi connectivity index (χ3v) is 3.15. The Balaban J connectivity index is 1.98. The summed E-state index contributed by atoms with van der Waals surface area (Å²) in [6.45, 7) is 0.980. The summed E-state index contributed by atoms with van der Waals surface area (Å²) in [6, 6.07) is 10.7. The third-order valence-electron chi connectivity index (χ3n) is 2.91. The summed E-state index contributed by atoms with van der Waals surface area (Å²) in [5.74, 6) is 0.544. The quantitative estimate of drug-likeness (QED) is 0.803. The maximum atomic E-state index is 12.5. The van der Waals surface area contributed by atoms with E-state index in [4.69, 9.17) is 16.3 Å². The van der Waals surface area contributed by atoms with Crippen LogP contribution in [0.2, 0.25) is 5.02 Å². The number of para-hydroxylation sites is 2. The number of benzene rings is 1. The molecule has 1 aromatic heterocycles. The Morgan fingerprint density at radius 1 is 1.32 bits per heavy atom. The maximum Gasteiger partial charge on any atom is 0.277 e. The highest BCUT2D eigenvalue weighted by Gasteiger charge is 2.25. The molecule has 2 aromatic rings. The fourth-order valence-electron chi connectivity index (χ4n) is 2.04. The number of amides is 1. The van der Waals surface area contributed by atoms with Crippen molar-refractivity contribution in [2.45, 2.75) is 0 Å². The monoisotopic (exact) mass is 274 g/mol. The van der Waals surface area contributed by atoms with Crippen LogP contribution >= 0.6 is 11.6 Å². The second-order valence-electron chi connectivity index (χ2n) is 4.13. The summed E-state index contributed by atoms with van der Waals surface area (Å²) < 4.78 is 5.52. The number of aromatic nitrogens is 1. The number of rotatable bonds is 1. The van der Waals surface area contributed by atoms with Gasteiger partial charge in [-0.3, -0.25) is 9.78 Å². The summed E-state index contributed by atoms with van der Waals surface area (Å²) >= 11 is 5.89. The molecule has 96 valence electrons. The molecule has 1 aromatic carbocycles. The van der Waals surface area contributed by atoms with Gasteiger partial charge < -0.3 is 9.64 Å². The van der Waals surface area contributed by atoms with Crippen molar-refractivity contribution >= 4 is 23.2 Å². The second-order valence-corrected chi connectivity index (χ2v) is 4.57. The molecule has 2 heterocycles. The van der Waals surface area contributed by atoms with E-state index in [1.807, 2.05) is 24.3 Å². The van der Waals surface area contributed by atoms with Gasteiger partial charge in [0.25, 0.3) is 5.91 Å². The van der Waals surface area contributed by atoms with E-state index in [9.17, 15) is 4.79 Å². The van der Waals surface area contributed by atoms with Crippen molar-refractivity contribution in [3.63, 3.8) is 0 Å². The Morgan fingerprint density at radius 2 is 2.16 bits per heavy atom. The number of fused-ring (bicyclic) bond motifs is 1. The number of pyridine rings is 1. The number of carbonyl (C=O) groups excluding carboxylic acids is 1. The zero-order valence-corrected chi connectivity index (χ0v) is 10.8. The molecule has 0 spiro atoms. The topological polar surface area (TPSA) is 42.4 Å². The van der Waals surface area contributed by atoms with E-state index in [1.165, 1.54) is 6.20 Å². The highest BCUT2D eigenvalue weighted by atomic mass is 35.5. The SMILES string of the molecule is O=C(c1cc(Cl)ccn1)N1CCOc2ccccc21. The van der Waals surface area contributed by atoms with E-state index in [0.29, 0.717) is 29.6 Å². The lowest BCUT2D eigenvalue weighted by Gasteiger charge is -2.29. The van der Waals surface area contributed by atoms with Gasteiger partial charge in [-0.15, -0.1) is 0 Å². The Hall–Kier alpha value is -2.07. The lowest BCUT2D eigenvalue weighted by molar-refractivity contribution is 0.0972. The molecule has 3 rings (SSSR count). The van der Waals surface area contributed by atoms with Crippen molar-refractivity contribution < 1.29 is 9.53 Å². The molecule has 0 bridgehead atoms. The largest absolute Gasteiger partial charge is 0.490 e. The summed E-state index contributed by atoms with van der Waals surface area (Å²) in [5.41, 5.74) is 1.10. The van der Waals surface area contributed by atoms with Crippen LogP contribution in [-0.2, 0) is 0 Å².